The Morgan fingerprint density at radius 3 is 2.63 bits per heavy atom. The van der Waals surface area contributed by atoms with Gasteiger partial charge in [0, 0.05) is 5.56 Å². The number of thiazole rings is 1. The number of hydrogen-bond acceptors (Lipinski definition) is 4. The minimum Gasteiger partial charge on any atom is -0.298 e. The first-order valence-electron chi connectivity index (χ1n) is 7.82. The van der Waals surface area contributed by atoms with E-state index in [1.165, 1.54) is 23.5 Å². The van der Waals surface area contributed by atoms with Crippen LogP contribution in [-0.2, 0) is 6.18 Å². The molecule has 4 aromatic rings. The number of amides is 1. The average Bonchev–Trinajstić information content (AvgIpc) is 3.29. The highest BCUT2D eigenvalue weighted by Gasteiger charge is 2.30. The van der Waals surface area contributed by atoms with Gasteiger partial charge >= 0.3 is 6.18 Å². The van der Waals surface area contributed by atoms with Crippen molar-refractivity contribution in [2.24, 2.45) is 0 Å². The standard InChI is InChI=1S/C19H11F3N2OS2/c20-19(21,22)14-3-1-2-12(8-14)17(25)24-18-23-15-9-11(4-5-16(15)27-18)13-6-7-26-10-13/h1-10H,(H,23,24,25). The second-order valence-electron chi connectivity index (χ2n) is 5.75. The van der Waals surface area contributed by atoms with E-state index in [0.29, 0.717) is 5.13 Å². The minimum absolute atomic E-state index is 0.0666. The van der Waals surface area contributed by atoms with Crippen LogP contribution in [-0.4, -0.2) is 10.9 Å². The number of benzene rings is 2. The summed E-state index contributed by atoms with van der Waals surface area (Å²) in [5.74, 6) is -0.627. The van der Waals surface area contributed by atoms with Crippen LogP contribution in [0.2, 0.25) is 0 Å². The van der Waals surface area contributed by atoms with Crippen LogP contribution in [0, 0.1) is 0 Å². The Kier molecular flexibility index (Phi) is 4.45. The number of nitrogens with zero attached hydrogens (tertiary/aromatic N) is 1. The van der Waals surface area contributed by atoms with E-state index in [4.69, 9.17) is 0 Å². The van der Waals surface area contributed by atoms with Gasteiger partial charge in [0.15, 0.2) is 5.13 Å². The zero-order valence-corrected chi connectivity index (χ0v) is 15.2. The van der Waals surface area contributed by atoms with E-state index in [1.807, 2.05) is 35.0 Å². The second-order valence-corrected chi connectivity index (χ2v) is 7.56. The molecule has 8 heteroatoms. The van der Waals surface area contributed by atoms with Gasteiger partial charge in [-0.1, -0.05) is 23.5 Å². The van der Waals surface area contributed by atoms with Crippen molar-refractivity contribution in [1.29, 1.82) is 0 Å². The van der Waals surface area contributed by atoms with Crippen LogP contribution < -0.4 is 5.32 Å². The van der Waals surface area contributed by atoms with Crippen LogP contribution >= 0.6 is 22.7 Å². The molecule has 0 atom stereocenters. The van der Waals surface area contributed by atoms with Crippen LogP contribution in [0.5, 0.6) is 0 Å². The van der Waals surface area contributed by atoms with Gasteiger partial charge in [0.25, 0.3) is 5.91 Å². The number of nitrogens with one attached hydrogen (secondary N) is 1. The van der Waals surface area contributed by atoms with Crippen molar-refractivity contribution in [1.82, 2.24) is 4.98 Å². The summed E-state index contributed by atoms with van der Waals surface area (Å²) in [4.78, 5) is 16.7. The highest BCUT2D eigenvalue weighted by atomic mass is 32.1. The first-order valence-corrected chi connectivity index (χ1v) is 9.58. The molecule has 0 radical (unpaired) electrons. The Labute approximate surface area is 160 Å². The molecular formula is C19H11F3N2OS2. The van der Waals surface area contributed by atoms with E-state index in [-0.39, 0.29) is 5.56 Å². The number of carbonyl (C=O) groups excluding carboxylic acids is 1. The number of fused-ring (bicyclic) bond motifs is 1. The SMILES string of the molecule is O=C(Nc1nc2cc(-c3ccsc3)ccc2s1)c1cccc(C(F)(F)F)c1. The van der Waals surface area contributed by atoms with Gasteiger partial charge in [-0.05, 0) is 58.3 Å². The molecular weight excluding hydrogens is 393 g/mol. The summed E-state index contributed by atoms with van der Waals surface area (Å²) in [5.41, 5.74) is 1.90. The first kappa shape index (κ1) is 17.7. The number of alkyl halides is 3. The number of carbonyl (C=O) groups is 1. The normalized spacial score (nSPS) is 11.7. The molecule has 2 aromatic carbocycles. The first-order chi connectivity index (χ1) is 12.9. The van der Waals surface area contributed by atoms with E-state index in [0.717, 1.165) is 33.5 Å². The maximum atomic E-state index is 12.8. The quantitative estimate of drug-likeness (QED) is 0.436. The molecule has 0 unspecified atom stereocenters. The predicted molar refractivity (Wildman–Crippen MR) is 102 cm³/mol. The van der Waals surface area contributed by atoms with Crippen LogP contribution in [0.15, 0.2) is 59.3 Å². The molecule has 4 rings (SSSR count). The number of aromatic nitrogens is 1. The summed E-state index contributed by atoms with van der Waals surface area (Å²) < 4.78 is 39.3. The molecule has 0 aliphatic carbocycles. The minimum atomic E-state index is -4.50. The molecule has 0 spiro atoms. The van der Waals surface area contributed by atoms with Crippen molar-refractivity contribution in [2.75, 3.05) is 5.32 Å². The Morgan fingerprint density at radius 2 is 1.89 bits per heavy atom. The van der Waals surface area contributed by atoms with Gasteiger partial charge in [-0.25, -0.2) is 4.98 Å². The van der Waals surface area contributed by atoms with Gasteiger partial charge in [-0.2, -0.15) is 24.5 Å². The number of rotatable bonds is 3. The van der Waals surface area contributed by atoms with Crippen molar-refractivity contribution >= 4 is 43.9 Å². The van der Waals surface area contributed by atoms with Gasteiger partial charge in [0.05, 0.1) is 15.8 Å². The molecule has 2 aromatic heterocycles. The van der Waals surface area contributed by atoms with Gasteiger partial charge in [-0.15, -0.1) is 0 Å². The molecule has 0 aliphatic rings. The Balaban J connectivity index is 1.59. The summed E-state index contributed by atoms with van der Waals surface area (Å²) in [7, 11) is 0. The molecule has 0 bridgehead atoms. The molecule has 1 amide bonds. The highest BCUT2D eigenvalue weighted by Crippen LogP contribution is 2.32. The Morgan fingerprint density at radius 1 is 1.04 bits per heavy atom. The fourth-order valence-corrected chi connectivity index (χ4v) is 4.10. The van der Waals surface area contributed by atoms with Gasteiger partial charge in [0.2, 0.25) is 0 Å². The second kappa shape index (κ2) is 6.79. The maximum Gasteiger partial charge on any atom is 0.416 e. The summed E-state index contributed by atoms with van der Waals surface area (Å²) in [5, 5.41) is 6.95. The van der Waals surface area contributed by atoms with Crippen molar-refractivity contribution in [3.8, 4) is 11.1 Å². The number of hydrogen-bond donors (Lipinski definition) is 1. The topological polar surface area (TPSA) is 42.0 Å². The van der Waals surface area contributed by atoms with Crippen LogP contribution in [0.4, 0.5) is 18.3 Å². The fraction of sp³-hybridized carbons (Fsp3) is 0.0526. The monoisotopic (exact) mass is 404 g/mol. The Bertz CT molecular complexity index is 1120. The van der Waals surface area contributed by atoms with Gasteiger partial charge in [0.1, 0.15) is 0 Å². The van der Waals surface area contributed by atoms with E-state index in [2.05, 4.69) is 10.3 Å². The lowest BCUT2D eigenvalue weighted by molar-refractivity contribution is -0.137. The fourth-order valence-electron chi connectivity index (χ4n) is 2.60. The highest BCUT2D eigenvalue weighted by molar-refractivity contribution is 7.22. The van der Waals surface area contributed by atoms with E-state index < -0.39 is 17.6 Å². The molecule has 0 fully saturated rings. The molecule has 136 valence electrons. The van der Waals surface area contributed by atoms with Crippen LogP contribution in [0.3, 0.4) is 0 Å². The lowest BCUT2D eigenvalue weighted by atomic mass is 10.1. The Hall–Kier alpha value is -2.71. The molecule has 0 saturated carbocycles. The number of halogens is 3. The van der Waals surface area contributed by atoms with Crippen molar-refractivity contribution < 1.29 is 18.0 Å². The number of thiophene rings is 1. The summed E-state index contributed by atoms with van der Waals surface area (Å²) >= 11 is 2.87. The summed E-state index contributed by atoms with van der Waals surface area (Å²) in [6.07, 6.45) is -4.50. The smallest absolute Gasteiger partial charge is 0.298 e. The van der Waals surface area contributed by atoms with Crippen LogP contribution in [0.1, 0.15) is 15.9 Å². The van der Waals surface area contributed by atoms with Crippen molar-refractivity contribution in [2.45, 2.75) is 6.18 Å². The molecule has 1 N–H and O–H groups in total. The number of anilines is 1. The van der Waals surface area contributed by atoms with Crippen LogP contribution in [0.25, 0.3) is 21.3 Å². The lowest BCUT2D eigenvalue weighted by Gasteiger charge is -2.08. The predicted octanol–water partition coefficient (Wildman–Crippen LogP) is 6.30. The third kappa shape index (κ3) is 3.72. The zero-order chi connectivity index (χ0) is 19.0. The van der Waals surface area contributed by atoms with Gasteiger partial charge in [-0.3, -0.25) is 10.1 Å². The maximum absolute atomic E-state index is 12.8. The molecule has 0 saturated heterocycles. The lowest BCUT2D eigenvalue weighted by Crippen LogP contribution is -2.13. The summed E-state index contributed by atoms with van der Waals surface area (Å²) in [6.45, 7) is 0. The molecule has 2 heterocycles. The third-order valence-corrected chi connectivity index (χ3v) is 5.55. The van der Waals surface area contributed by atoms with Crippen molar-refractivity contribution in [3.63, 3.8) is 0 Å². The third-order valence-electron chi connectivity index (χ3n) is 3.91. The molecule has 3 nitrogen and oxygen atoms in total. The van der Waals surface area contributed by atoms with E-state index >= 15 is 0 Å². The van der Waals surface area contributed by atoms with E-state index in [1.54, 1.807) is 11.3 Å². The largest absolute Gasteiger partial charge is 0.416 e. The van der Waals surface area contributed by atoms with E-state index in [9.17, 15) is 18.0 Å². The summed E-state index contributed by atoms with van der Waals surface area (Å²) in [6, 6.07) is 12.1. The average molecular weight is 404 g/mol. The van der Waals surface area contributed by atoms with Crippen molar-refractivity contribution in [3.05, 3.63) is 70.4 Å². The molecule has 0 aliphatic heterocycles. The van der Waals surface area contributed by atoms with Gasteiger partial charge < -0.3 is 0 Å². The molecule has 27 heavy (non-hydrogen) atoms. The zero-order valence-electron chi connectivity index (χ0n) is 13.6.